The third-order valence-electron chi connectivity index (χ3n) is 5.26. The second kappa shape index (κ2) is 11.3. The molecule has 0 unspecified atom stereocenters. The van der Waals surface area contributed by atoms with Crippen LogP contribution in [-0.2, 0) is 6.18 Å². The quantitative estimate of drug-likeness (QED) is 0.295. The molecule has 1 aliphatic rings. The standard InChI is InChI=1S/C10H7F3N2.C8H6BrN3O.C6H12/c11-10(12,13)9-5-7(14)6-3-1-2-4-8(6)15-9;9-5-1-2-7-11-3-6(8(10)13)12(7)4-5;1-2-4-6-5-3-1/h1-5H,(H2,14,15);1-4H,(H2,10,13);1-6H2. The number of aromatic nitrogens is 3. The first-order valence-corrected chi connectivity index (χ1v) is 11.6. The van der Waals surface area contributed by atoms with E-state index in [0.717, 1.165) is 10.5 Å². The van der Waals surface area contributed by atoms with Crippen molar-refractivity contribution < 1.29 is 18.0 Å². The smallest absolute Gasteiger partial charge is 0.398 e. The number of nitrogens with zero attached hydrogens (tertiary/aromatic N) is 3. The lowest BCUT2D eigenvalue weighted by Crippen LogP contribution is -2.13. The number of hydrogen-bond donors (Lipinski definition) is 2. The molecule has 1 aliphatic carbocycles. The fraction of sp³-hybridized carbons (Fsp3) is 0.292. The maximum absolute atomic E-state index is 12.4. The number of alkyl halides is 3. The normalized spacial score (nSPS) is 13.5. The number of carbonyl (C=O) groups is 1. The van der Waals surface area contributed by atoms with Gasteiger partial charge in [-0.25, -0.2) is 9.97 Å². The van der Waals surface area contributed by atoms with Crippen molar-refractivity contribution in [2.24, 2.45) is 5.73 Å². The van der Waals surface area contributed by atoms with Gasteiger partial charge in [0.2, 0.25) is 0 Å². The number of pyridine rings is 2. The molecule has 10 heteroatoms. The van der Waals surface area contributed by atoms with Gasteiger partial charge < -0.3 is 11.5 Å². The molecule has 1 fully saturated rings. The average molecular weight is 536 g/mol. The lowest BCUT2D eigenvalue weighted by atomic mass is 10.0. The largest absolute Gasteiger partial charge is 0.433 e. The molecule has 3 aromatic heterocycles. The summed E-state index contributed by atoms with van der Waals surface area (Å²) in [6, 6.07) is 11.0. The molecule has 5 rings (SSSR count). The van der Waals surface area contributed by atoms with E-state index in [1.807, 2.05) is 6.07 Å². The molecule has 4 N–H and O–H groups in total. The molecule has 1 aromatic carbocycles. The van der Waals surface area contributed by atoms with Crippen molar-refractivity contribution in [1.82, 2.24) is 14.4 Å². The minimum absolute atomic E-state index is 0.0907. The van der Waals surface area contributed by atoms with Crippen molar-refractivity contribution in [2.45, 2.75) is 44.7 Å². The highest BCUT2D eigenvalue weighted by atomic mass is 79.9. The molecule has 1 saturated carbocycles. The van der Waals surface area contributed by atoms with Gasteiger partial charge in [-0.2, -0.15) is 13.2 Å². The molecule has 0 radical (unpaired) electrons. The molecule has 0 spiro atoms. The molecule has 1 amide bonds. The number of anilines is 1. The predicted octanol–water partition coefficient (Wildman–Crippen LogP) is 6.37. The van der Waals surface area contributed by atoms with Crippen LogP contribution in [0.5, 0.6) is 0 Å². The van der Waals surface area contributed by atoms with E-state index in [4.69, 9.17) is 11.5 Å². The van der Waals surface area contributed by atoms with E-state index in [0.29, 0.717) is 16.7 Å². The number of halogens is 4. The number of amides is 1. The van der Waals surface area contributed by atoms with E-state index in [1.54, 1.807) is 34.9 Å². The Morgan fingerprint density at radius 1 is 1.00 bits per heavy atom. The molecule has 34 heavy (non-hydrogen) atoms. The molecular weight excluding hydrogens is 511 g/mol. The number of carbonyl (C=O) groups excluding carboxylic acids is 1. The highest BCUT2D eigenvalue weighted by Crippen LogP contribution is 2.31. The number of nitrogens with two attached hydrogens (primary N) is 2. The van der Waals surface area contributed by atoms with Gasteiger partial charge in [-0.3, -0.25) is 9.20 Å². The van der Waals surface area contributed by atoms with E-state index in [2.05, 4.69) is 25.9 Å². The summed E-state index contributed by atoms with van der Waals surface area (Å²) in [5.74, 6) is -0.481. The number of primary amides is 1. The third-order valence-corrected chi connectivity index (χ3v) is 5.73. The average Bonchev–Trinajstić information content (AvgIpc) is 3.24. The maximum Gasteiger partial charge on any atom is 0.433 e. The van der Waals surface area contributed by atoms with Crippen LogP contribution in [0.2, 0.25) is 0 Å². The molecular formula is C24H25BrF3N5O. The van der Waals surface area contributed by atoms with Crippen molar-refractivity contribution >= 4 is 44.1 Å². The zero-order valence-corrected chi connectivity index (χ0v) is 19.9. The van der Waals surface area contributed by atoms with Crippen LogP contribution in [0.15, 0.2) is 59.3 Å². The summed E-state index contributed by atoms with van der Waals surface area (Å²) in [5, 5.41) is 0.533. The Morgan fingerprint density at radius 3 is 2.21 bits per heavy atom. The Bertz CT molecular complexity index is 1260. The van der Waals surface area contributed by atoms with Crippen LogP contribution in [0, 0.1) is 0 Å². The zero-order valence-electron chi connectivity index (χ0n) is 18.4. The summed E-state index contributed by atoms with van der Waals surface area (Å²) in [4.78, 5) is 18.5. The van der Waals surface area contributed by atoms with Gasteiger partial charge in [0.05, 0.1) is 11.7 Å². The number of benzene rings is 1. The van der Waals surface area contributed by atoms with Crippen LogP contribution in [0.1, 0.15) is 54.7 Å². The first kappa shape index (κ1) is 25.5. The lowest BCUT2D eigenvalue weighted by molar-refractivity contribution is -0.140. The number of nitrogen functional groups attached to an aromatic ring is 1. The minimum atomic E-state index is -4.46. The molecule has 0 atom stereocenters. The van der Waals surface area contributed by atoms with Gasteiger partial charge in [0.25, 0.3) is 5.91 Å². The molecule has 0 bridgehead atoms. The van der Waals surface area contributed by atoms with E-state index in [9.17, 15) is 18.0 Å². The molecule has 3 heterocycles. The Morgan fingerprint density at radius 2 is 1.62 bits per heavy atom. The Kier molecular flexibility index (Phi) is 8.49. The Labute approximate surface area is 203 Å². The highest BCUT2D eigenvalue weighted by Gasteiger charge is 2.33. The first-order valence-electron chi connectivity index (χ1n) is 10.8. The van der Waals surface area contributed by atoms with Crippen molar-refractivity contribution in [3.05, 3.63) is 70.7 Å². The van der Waals surface area contributed by atoms with Crippen molar-refractivity contribution in [3.63, 3.8) is 0 Å². The zero-order chi connectivity index (χ0) is 24.7. The summed E-state index contributed by atoms with van der Waals surface area (Å²) >= 11 is 3.30. The van der Waals surface area contributed by atoms with Gasteiger partial charge in [0.1, 0.15) is 17.0 Å². The second-order valence-electron chi connectivity index (χ2n) is 7.82. The maximum atomic E-state index is 12.4. The molecule has 4 aromatic rings. The monoisotopic (exact) mass is 535 g/mol. The summed E-state index contributed by atoms with van der Waals surface area (Å²) in [6.45, 7) is 0. The molecule has 180 valence electrons. The van der Waals surface area contributed by atoms with Gasteiger partial charge in [-0.1, -0.05) is 56.7 Å². The topological polar surface area (TPSA) is 99.3 Å². The molecule has 0 saturated heterocycles. The minimum Gasteiger partial charge on any atom is -0.398 e. The van der Waals surface area contributed by atoms with Gasteiger partial charge in [0.15, 0.2) is 0 Å². The Hall–Kier alpha value is -3.14. The number of rotatable bonds is 1. The summed E-state index contributed by atoms with van der Waals surface area (Å²) < 4.78 is 39.7. The summed E-state index contributed by atoms with van der Waals surface area (Å²) in [6.07, 6.45) is 7.75. The van der Waals surface area contributed by atoms with Gasteiger partial charge in [-0.15, -0.1) is 0 Å². The fourth-order valence-corrected chi connectivity index (χ4v) is 3.88. The van der Waals surface area contributed by atoms with E-state index in [-0.39, 0.29) is 11.2 Å². The van der Waals surface area contributed by atoms with Gasteiger partial charge in [-0.05, 0) is 40.2 Å². The first-order chi connectivity index (χ1) is 16.2. The highest BCUT2D eigenvalue weighted by molar-refractivity contribution is 9.10. The van der Waals surface area contributed by atoms with Crippen LogP contribution in [0.25, 0.3) is 16.6 Å². The summed E-state index contributed by atoms with van der Waals surface area (Å²) in [7, 11) is 0. The number of imidazole rings is 1. The Balaban J connectivity index is 0.000000155. The number of fused-ring (bicyclic) bond motifs is 2. The van der Waals surface area contributed by atoms with Crippen LogP contribution in [0.3, 0.4) is 0 Å². The second-order valence-corrected chi connectivity index (χ2v) is 8.73. The van der Waals surface area contributed by atoms with Crippen LogP contribution in [0.4, 0.5) is 18.9 Å². The van der Waals surface area contributed by atoms with Crippen LogP contribution in [-0.4, -0.2) is 20.3 Å². The predicted molar refractivity (Wildman–Crippen MR) is 130 cm³/mol. The van der Waals surface area contributed by atoms with E-state index >= 15 is 0 Å². The fourth-order valence-electron chi connectivity index (χ4n) is 3.55. The molecule has 6 nitrogen and oxygen atoms in total. The van der Waals surface area contributed by atoms with Gasteiger partial charge >= 0.3 is 6.18 Å². The van der Waals surface area contributed by atoms with Crippen LogP contribution >= 0.6 is 15.9 Å². The molecule has 0 aliphatic heterocycles. The lowest BCUT2D eigenvalue weighted by Gasteiger charge is -2.08. The summed E-state index contributed by atoms with van der Waals surface area (Å²) in [5.41, 5.74) is 11.1. The van der Waals surface area contributed by atoms with Crippen LogP contribution < -0.4 is 11.5 Å². The third kappa shape index (κ3) is 6.69. The van der Waals surface area contributed by atoms with Crippen molar-refractivity contribution in [1.29, 1.82) is 0 Å². The van der Waals surface area contributed by atoms with Crippen molar-refractivity contribution in [3.8, 4) is 0 Å². The van der Waals surface area contributed by atoms with E-state index in [1.165, 1.54) is 50.8 Å². The SMILES string of the molecule is C1CCCCC1.NC(=O)c1cnc2ccc(Br)cn12.Nc1cc(C(F)(F)F)nc2ccccc12. The van der Waals surface area contributed by atoms with E-state index < -0.39 is 17.8 Å². The number of para-hydroxylation sites is 1. The number of hydrogen-bond acceptors (Lipinski definition) is 4. The van der Waals surface area contributed by atoms with Crippen molar-refractivity contribution in [2.75, 3.05) is 5.73 Å². The van der Waals surface area contributed by atoms with Gasteiger partial charge in [0, 0.05) is 21.7 Å².